The number of nitrogens with one attached hydrogen (secondary N) is 1. The first kappa shape index (κ1) is 18.9. The summed E-state index contributed by atoms with van der Waals surface area (Å²) >= 11 is 0. The van der Waals surface area contributed by atoms with Gasteiger partial charge in [-0.1, -0.05) is 12.1 Å². The average molecular weight is 396 g/mol. The first-order valence-corrected chi connectivity index (χ1v) is 9.45. The summed E-state index contributed by atoms with van der Waals surface area (Å²) in [6.07, 6.45) is 0.717. The molecular formula is C21H21FN4O3. The van der Waals surface area contributed by atoms with E-state index in [9.17, 15) is 14.0 Å². The zero-order valence-electron chi connectivity index (χ0n) is 16.0. The Bertz CT molecular complexity index is 1040. The van der Waals surface area contributed by atoms with Crippen molar-refractivity contribution in [2.75, 3.05) is 6.54 Å². The summed E-state index contributed by atoms with van der Waals surface area (Å²) in [6, 6.07) is 11.2. The monoisotopic (exact) mass is 396 g/mol. The Kier molecular flexibility index (Phi) is 5.16. The molecule has 0 radical (unpaired) electrons. The van der Waals surface area contributed by atoms with Crippen LogP contribution in [0, 0.1) is 12.7 Å². The fourth-order valence-electron chi connectivity index (χ4n) is 3.34. The third kappa shape index (κ3) is 4.21. The smallest absolute Gasteiger partial charge is 0.272 e. The molecule has 0 unspecified atom stereocenters. The number of benzene rings is 1. The third-order valence-electron chi connectivity index (χ3n) is 4.82. The standard InChI is InChI=1S/C21H21FN4O3/c1-14-3-8-17(29-14)12-23-20(27)18-11-19-21(28)25(9-2-10-26(19)24-18)13-15-4-6-16(22)7-5-15/h3-8,11H,2,9-10,12-13H2,1H3,(H,23,27). The number of rotatable bonds is 5. The van der Waals surface area contributed by atoms with Crippen molar-refractivity contribution in [2.45, 2.75) is 33.0 Å². The van der Waals surface area contributed by atoms with Crippen molar-refractivity contribution in [1.82, 2.24) is 20.0 Å². The Morgan fingerprint density at radius 3 is 2.72 bits per heavy atom. The van der Waals surface area contributed by atoms with Crippen LogP contribution in [-0.4, -0.2) is 33.0 Å². The van der Waals surface area contributed by atoms with E-state index in [0.717, 1.165) is 11.3 Å². The summed E-state index contributed by atoms with van der Waals surface area (Å²) in [4.78, 5) is 27.1. The van der Waals surface area contributed by atoms with Gasteiger partial charge in [-0.15, -0.1) is 0 Å². The van der Waals surface area contributed by atoms with Crippen LogP contribution in [0.25, 0.3) is 0 Å². The molecule has 1 aromatic carbocycles. The number of nitrogens with zero attached hydrogens (tertiary/aromatic N) is 3. The molecule has 3 aromatic rings. The predicted molar refractivity (Wildman–Crippen MR) is 103 cm³/mol. The lowest BCUT2D eigenvalue weighted by Gasteiger charge is -2.20. The van der Waals surface area contributed by atoms with Crippen molar-refractivity contribution in [3.05, 3.63) is 76.8 Å². The molecule has 0 aliphatic carbocycles. The molecule has 0 atom stereocenters. The van der Waals surface area contributed by atoms with E-state index in [-0.39, 0.29) is 29.9 Å². The summed E-state index contributed by atoms with van der Waals surface area (Å²) < 4.78 is 20.1. The van der Waals surface area contributed by atoms with Crippen LogP contribution in [0.2, 0.25) is 0 Å². The van der Waals surface area contributed by atoms with Gasteiger partial charge in [0.2, 0.25) is 0 Å². The van der Waals surface area contributed by atoms with Gasteiger partial charge in [0.25, 0.3) is 11.8 Å². The van der Waals surface area contributed by atoms with Crippen LogP contribution in [0.3, 0.4) is 0 Å². The Morgan fingerprint density at radius 1 is 1.21 bits per heavy atom. The number of aryl methyl sites for hydroxylation is 2. The highest BCUT2D eigenvalue weighted by Crippen LogP contribution is 2.17. The molecule has 1 N–H and O–H groups in total. The minimum absolute atomic E-state index is 0.194. The molecule has 8 heteroatoms. The Labute approximate surface area is 167 Å². The molecule has 2 aromatic heterocycles. The average Bonchev–Trinajstić information content (AvgIpc) is 3.29. The van der Waals surface area contributed by atoms with E-state index in [1.807, 2.05) is 13.0 Å². The highest BCUT2D eigenvalue weighted by molar-refractivity contribution is 5.98. The molecule has 0 fully saturated rings. The largest absolute Gasteiger partial charge is 0.465 e. The zero-order chi connectivity index (χ0) is 20.4. The van der Waals surface area contributed by atoms with Gasteiger partial charge in [0.1, 0.15) is 23.0 Å². The maximum absolute atomic E-state index is 13.1. The van der Waals surface area contributed by atoms with Gasteiger partial charge in [0, 0.05) is 25.7 Å². The number of halogens is 1. The van der Waals surface area contributed by atoms with Gasteiger partial charge < -0.3 is 14.6 Å². The molecule has 3 heterocycles. The summed E-state index contributed by atoms with van der Waals surface area (Å²) in [5.41, 5.74) is 1.42. The highest BCUT2D eigenvalue weighted by Gasteiger charge is 2.26. The molecular weight excluding hydrogens is 375 g/mol. The number of furan rings is 1. The van der Waals surface area contributed by atoms with E-state index >= 15 is 0 Å². The highest BCUT2D eigenvalue weighted by atomic mass is 19.1. The maximum Gasteiger partial charge on any atom is 0.272 e. The predicted octanol–water partition coefficient (Wildman–Crippen LogP) is 2.90. The van der Waals surface area contributed by atoms with Crippen molar-refractivity contribution in [3.8, 4) is 0 Å². The van der Waals surface area contributed by atoms with Crippen molar-refractivity contribution < 1.29 is 18.4 Å². The van der Waals surface area contributed by atoms with Gasteiger partial charge in [-0.05, 0) is 43.2 Å². The molecule has 1 aliphatic rings. The van der Waals surface area contributed by atoms with E-state index < -0.39 is 0 Å². The van der Waals surface area contributed by atoms with Crippen molar-refractivity contribution in [3.63, 3.8) is 0 Å². The summed E-state index contributed by atoms with van der Waals surface area (Å²) in [7, 11) is 0. The molecule has 4 rings (SSSR count). The van der Waals surface area contributed by atoms with E-state index in [1.165, 1.54) is 18.2 Å². The first-order valence-electron chi connectivity index (χ1n) is 9.45. The number of carbonyl (C=O) groups excluding carboxylic acids is 2. The molecule has 150 valence electrons. The summed E-state index contributed by atoms with van der Waals surface area (Å²) in [6.45, 7) is 3.58. The maximum atomic E-state index is 13.1. The number of fused-ring (bicyclic) bond motifs is 1. The Morgan fingerprint density at radius 2 is 2.00 bits per heavy atom. The van der Waals surface area contributed by atoms with Crippen molar-refractivity contribution in [1.29, 1.82) is 0 Å². The van der Waals surface area contributed by atoms with Gasteiger partial charge in [0.05, 0.1) is 6.54 Å². The Balaban J connectivity index is 1.47. The lowest BCUT2D eigenvalue weighted by atomic mass is 10.2. The van der Waals surface area contributed by atoms with Crippen LogP contribution in [0.15, 0.2) is 46.9 Å². The van der Waals surface area contributed by atoms with Crippen LogP contribution >= 0.6 is 0 Å². The normalized spacial score (nSPS) is 13.9. The lowest BCUT2D eigenvalue weighted by molar-refractivity contribution is 0.0745. The van der Waals surface area contributed by atoms with Crippen LogP contribution < -0.4 is 5.32 Å². The second kappa shape index (κ2) is 7.90. The first-order chi connectivity index (χ1) is 14.0. The fraction of sp³-hybridized carbons (Fsp3) is 0.286. The molecule has 7 nitrogen and oxygen atoms in total. The molecule has 0 saturated carbocycles. The zero-order valence-corrected chi connectivity index (χ0v) is 16.0. The van der Waals surface area contributed by atoms with Gasteiger partial charge in [-0.2, -0.15) is 5.10 Å². The van der Waals surface area contributed by atoms with Crippen LogP contribution in [0.1, 0.15) is 44.5 Å². The van der Waals surface area contributed by atoms with Crippen LogP contribution in [0.5, 0.6) is 0 Å². The quantitative estimate of drug-likeness (QED) is 0.719. The molecule has 0 saturated heterocycles. The SMILES string of the molecule is Cc1ccc(CNC(=O)c2cc3n(n2)CCCN(Cc2ccc(F)cc2)C3=O)o1. The number of hydrogen-bond donors (Lipinski definition) is 1. The second-order valence-corrected chi connectivity index (χ2v) is 7.04. The van der Waals surface area contributed by atoms with Gasteiger partial charge >= 0.3 is 0 Å². The third-order valence-corrected chi connectivity index (χ3v) is 4.82. The number of amides is 2. The fourth-order valence-corrected chi connectivity index (χ4v) is 3.34. The summed E-state index contributed by atoms with van der Waals surface area (Å²) in [5, 5.41) is 7.06. The Hall–Kier alpha value is -3.42. The van der Waals surface area contributed by atoms with E-state index in [4.69, 9.17) is 4.42 Å². The topological polar surface area (TPSA) is 80.4 Å². The van der Waals surface area contributed by atoms with Gasteiger partial charge in [-0.3, -0.25) is 14.3 Å². The lowest BCUT2D eigenvalue weighted by Crippen LogP contribution is -2.30. The van der Waals surface area contributed by atoms with Crippen LogP contribution in [0.4, 0.5) is 4.39 Å². The minimum Gasteiger partial charge on any atom is -0.465 e. The van der Waals surface area contributed by atoms with Crippen molar-refractivity contribution in [2.24, 2.45) is 0 Å². The van der Waals surface area contributed by atoms with E-state index in [2.05, 4.69) is 10.4 Å². The minimum atomic E-state index is -0.363. The molecule has 0 spiro atoms. The number of hydrogen-bond acceptors (Lipinski definition) is 4. The molecule has 0 bridgehead atoms. The van der Waals surface area contributed by atoms with E-state index in [0.29, 0.717) is 37.5 Å². The molecule has 29 heavy (non-hydrogen) atoms. The number of carbonyl (C=O) groups is 2. The molecule has 2 amide bonds. The van der Waals surface area contributed by atoms with E-state index in [1.54, 1.807) is 27.8 Å². The van der Waals surface area contributed by atoms with Crippen LogP contribution in [-0.2, 0) is 19.6 Å². The second-order valence-electron chi connectivity index (χ2n) is 7.04. The van der Waals surface area contributed by atoms with Gasteiger partial charge in [0.15, 0.2) is 5.69 Å². The number of aromatic nitrogens is 2. The molecule has 1 aliphatic heterocycles. The van der Waals surface area contributed by atoms with Crippen molar-refractivity contribution >= 4 is 11.8 Å². The summed E-state index contributed by atoms with van der Waals surface area (Å²) in [5.74, 6) is 0.555. The van der Waals surface area contributed by atoms with Gasteiger partial charge in [-0.25, -0.2) is 4.39 Å².